The highest BCUT2D eigenvalue weighted by Crippen LogP contribution is 2.13. The molecular weight excluding hydrogens is 338 g/mol. The molecule has 0 amide bonds. The number of hydrogen-bond donors (Lipinski definition) is 1. The van der Waals surface area contributed by atoms with Gasteiger partial charge in [0.1, 0.15) is 0 Å². The monoisotopic (exact) mass is 345 g/mol. The number of benzene rings is 1. The third-order valence-corrected chi connectivity index (χ3v) is 3.06. The number of aliphatic hydroxyl groups is 1. The molecule has 6 heteroatoms. The Morgan fingerprint density at radius 2 is 1.75 bits per heavy atom. The molecule has 0 spiro atoms. The number of aromatic nitrogens is 3. The summed E-state index contributed by atoms with van der Waals surface area (Å²) in [6.07, 6.45) is 0. The van der Waals surface area contributed by atoms with Crippen molar-refractivity contribution in [3.05, 3.63) is 44.9 Å². The maximum absolute atomic E-state index is 8.92. The fourth-order valence-electron chi connectivity index (χ4n) is 1.32. The topological polar surface area (TPSA) is 50.9 Å². The van der Waals surface area contributed by atoms with Crippen LogP contribution in [-0.4, -0.2) is 19.9 Å². The van der Waals surface area contributed by atoms with Gasteiger partial charge in [-0.25, -0.2) is 4.68 Å². The average molecular weight is 347 g/mol. The first-order valence-electron chi connectivity index (χ1n) is 4.63. The van der Waals surface area contributed by atoms with Gasteiger partial charge in [-0.1, -0.05) is 24.3 Å². The van der Waals surface area contributed by atoms with Gasteiger partial charge < -0.3 is 5.11 Å². The molecule has 2 aromatic rings. The van der Waals surface area contributed by atoms with Crippen LogP contribution in [0, 0.1) is 0 Å². The van der Waals surface area contributed by atoms with Crippen LogP contribution in [0.2, 0.25) is 0 Å². The van der Waals surface area contributed by atoms with E-state index in [1.165, 1.54) is 0 Å². The summed E-state index contributed by atoms with van der Waals surface area (Å²) in [4.78, 5) is 4.09. The molecule has 4 nitrogen and oxygen atoms in total. The minimum Gasteiger partial charge on any atom is -0.392 e. The summed E-state index contributed by atoms with van der Waals surface area (Å²) in [5.41, 5.74) is 2.01. The van der Waals surface area contributed by atoms with E-state index in [1.807, 2.05) is 24.3 Å². The van der Waals surface area contributed by atoms with E-state index in [1.54, 1.807) is 4.68 Å². The van der Waals surface area contributed by atoms with E-state index < -0.39 is 0 Å². The van der Waals surface area contributed by atoms with Crippen molar-refractivity contribution in [2.45, 2.75) is 13.2 Å². The molecule has 0 bridgehead atoms. The normalized spacial score (nSPS) is 10.7. The first-order chi connectivity index (χ1) is 7.69. The Morgan fingerprint density at radius 1 is 1.12 bits per heavy atom. The molecule has 1 N–H and O–H groups in total. The summed E-state index contributed by atoms with van der Waals surface area (Å²) < 4.78 is 3.00. The summed E-state index contributed by atoms with van der Waals surface area (Å²) in [6.45, 7) is 0.712. The van der Waals surface area contributed by atoms with Crippen LogP contribution in [0.4, 0.5) is 0 Å². The number of nitrogens with zero attached hydrogens (tertiary/aromatic N) is 3. The number of rotatable bonds is 3. The molecule has 0 atom stereocenters. The Morgan fingerprint density at radius 3 is 2.25 bits per heavy atom. The van der Waals surface area contributed by atoms with Crippen molar-refractivity contribution < 1.29 is 5.11 Å². The van der Waals surface area contributed by atoms with E-state index >= 15 is 0 Å². The van der Waals surface area contributed by atoms with Crippen molar-refractivity contribution in [1.82, 2.24) is 14.8 Å². The standard InChI is InChI=1S/C10H9Br2N3O/c11-9-13-10(12)15(14-9)5-7-1-3-8(6-16)4-2-7/h1-4,16H,5-6H2. The first kappa shape index (κ1) is 11.8. The zero-order valence-corrected chi connectivity index (χ0v) is 11.4. The molecule has 0 aliphatic rings. The van der Waals surface area contributed by atoms with Gasteiger partial charge in [0.2, 0.25) is 4.73 Å². The fourth-order valence-corrected chi connectivity index (χ4v) is 2.29. The Labute approximate surface area is 110 Å². The highest BCUT2D eigenvalue weighted by Gasteiger charge is 2.05. The quantitative estimate of drug-likeness (QED) is 0.928. The molecule has 1 aromatic carbocycles. The van der Waals surface area contributed by atoms with Crippen LogP contribution in [0.3, 0.4) is 0 Å². The van der Waals surface area contributed by atoms with Crippen molar-refractivity contribution in [3.8, 4) is 0 Å². The van der Waals surface area contributed by atoms with Crippen LogP contribution >= 0.6 is 31.9 Å². The van der Waals surface area contributed by atoms with Crippen LogP contribution in [0.25, 0.3) is 0 Å². The van der Waals surface area contributed by atoms with Crippen molar-refractivity contribution in [2.24, 2.45) is 0 Å². The molecule has 1 heterocycles. The molecule has 0 unspecified atom stereocenters. The number of aliphatic hydroxyl groups excluding tert-OH is 1. The largest absolute Gasteiger partial charge is 0.392 e. The SMILES string of the molecule is OCc1ccc(Cn2nc(Br)nc2Br)cc1. The number of halogens is 2. The van der Waals surface area contributed by atoms with Gasteiger partial charge in [-0.3, -0.25) is 0 Å². The van der Waals surface area contributed by atoms with Crippen LogP contribution in [0.15, 0.2) is 33.7 Å². The van der Waals surface area contributed by atoms with Gasteiger partial charge >= 0.3 is 0 Å². The first-order valence-corrected chi connectivity index (χ1v) is 6.22. The van der Waals surface area contributed by atoms with E-state index in [4.69, 9.17) is 5.11 Å². The maximum Gasteiger partial charge on any atom is 0.218 e. The molecule has 0 saturated carbocycles. The zero-order chi connectivity index (χ0) is 11.5. The van der Waals surface area contributed by atoms with E-state index in [0.29, 0.717) is 16.0 Å². The summed E-state index contributed by atoms with van der Waals surface area (Å²) in [7, 11) is 0. The minimum absolute atomic E-state index is 0.0683. The smallest absolute Gasteiger partial charge is 0.218 e. The summed E-state index contributed by atoms with van der Waals surface area (Å²) in [6, 6.07) is 7.73. The molecular formula is C10H9Br2N3O. The predicted octanol–water partition coefficient (Wildman–Crippen LogP) is 2.34. The van der Waals surface area contributed by atoms with Crippen LogP contribution < -0.4 is 0 Å². The van der Waals surface area contributed by atoms with Gasteiger partial charge in [0, 0.05) is 0 Å². The summed E-state index contributed by atoms with van der Waals surface area (Å²) in [5.74, 6) is 0. The lowest BCUT2D eigenvalue weighted by molar-refractivity contribution is 0.282. The molecule has 16 heavy (non-hydrogen) atoms. The second-order valence-corrected chi connectivity index (χ2v) is 4.70. The second kappa shape index (κ2) is 5.07. The number of hydrogen-bond acceptors (Lipinski definition) is 3. The molecule has 0 aliphatic heterocycles. The van der Waals surface area contributed by atoms with Gasteiger partial charge in [0.15, 0.2) is 4.73 Å². The van der Waals surface area contributed by atoms with Crippen molar-refractivity contribution in [2.75, 3.05) is 0 Å². The van der Waals surface area contributed by atoms with E-state index in [9.17, 15) is 0 Å². The second-order valence-electron chi connectivity index (χ2n) is 3.28. The van der Waals surface area contributed by atoms with Crippen LogP contribution in [0.1, 0.15) is 11.1 Å². The van der Waals surface area contributed by atoms with E-state index in [0.717, 1.165) is 11.1 Å². The van der Waals surface area contributed by atoms with Gasteiger partial charge in [0.25, 0.3) is 0 Å². The van der Waals surface area contributed by atoms with Crippen molar-refractivity contribution >= 4 is 31.9 Å². The lowest BCUT2D eigenvalue weighted by Crippen LogP contribution is -2.02. The molecule has 0 aliphatic carbocycles. The Balaban J connectivity index is 2.17. The lowest BCUT2D eigenvalue weighted by atomic mass is 10.1. The maximum atomic E-state index is 8.92. The molecule has 0 fully saturated rings. The van der Waals surface area contributed by atoms with Gasteiger partial charge in [-0.15, -0.1) is 5.10 Å². The Hall–Kier alpha value is -0.720. The van der Waals surface area contributed by atoms with Gasteiger partial charge in [-0.2, -0.15) is 4.98 Å². The summed E-state index contributed by atoms with van der Waals surface area (Å²) >= 11 is 6.54. The lowest BCUT2D eigenvalue weighted by Gasteiger charge is -2.03. The predicted molar refractivity (Wildman–Crippen MR) is 66.9 cm³/mol. The van der Waals surface area contributed by atoms with E-state index in [-0.39, 0.29) is 6.61 Å². The molecule has 0 saturated heterocycles. The van der Waals surface area contributed by atoms with Crippen LogP contribution in [0.5, 0.6) is 0 Å². The molecule has 84 valence electrons. The molecule has 1 aromatic heterocycles. The highest BCUT2D eigenvalue weighted by molar-refractivity contribution is 9.11. The summed E-state index contributed by atoms with van der Waals surface area (Å²) in [5, 5.41) is 13.1. The Bertz CT molecular complexity index is 481. The van der Waals surface area contributed by atoms with Crippen LogP contribution in [-0.2, 0) is 13.2 Å². The highest BCUT2D eigenvalue weighted by atomic mass is 79.9. The minimum atomic E-state index is 0.0683. The fraction of sp³-hybridized carbons (Fsp3) is 0.200. The third-order valence-electron chi connectivity index (χ3n) is 2.14. The van der Waals surface area contributed by atoms with Gasteiger partial charge in [-0.05, 0) is 43.0 Å². The van der Waals surface area contributed by atoms with Gasteiger partial charge in [0.05, 0.1) is 13.2 Å². The Kier molecular flexibility index (Phi) is 3.73. The molecule has 2 rings (SSSR count). The van der Waals surface area contributed by atoms with Crippen molar-refractivity contribution in [1.29, 1.82) is 0 Å². The average Bonchev–Trinajstić information content (AvgIpc) is 2.59. The third kappa shape index (κ3) is 2.69. The zero-order valence-electron chi connectivity index (χ0n) is 8.27. The molecule has 0 radical (unpaired) electrons. The van der Waals surface area contributed by atoms with E-state index in [2.05, 4.69) is 41.9 Å². The van der Waals surface area contributed by atoms with Crippen molar-refractivity contribution in [3.63, 3.8) is 0 Å².